The van der Waals surface area contributed by atoms with Crippen molar-refractivity contribution >= 4 is 24.2 Å². The third kappa shape index (κ3) is 8.28. The number of aliphatic hydroxyl groups excluding tert-OH is 2. The van der Waals surface area contributed by atoms with Crippen LogP contribution in [0, 0.1) is 0 Å². The fraction of sp³-hybridized carbons (Fsp3) is 0.364. The van der Waals surface area contributed by atoms with E-state index in [1.54, 1.807) is 0 Å². The molecule has 0 fully saturated rings. The fourth-order valence-electron chi connectivity index (χ4n) is 0.782. The molecule has 0 aliphatic rings. The van der Waals surface area contributed by atoms with Gasteiger partial charge in [0.25, 0.3) is 0 Å². The molecular weight excluding hydrogens is 226 g/mol. The summed E-state index contributed by atoms with van der Waals surface area (Å²) in [7, 11) is 0. The predicted octanol–water partition coefficient (Wildman–Crippen LogP) is 0.914. The molecule has 1 unspecified atom stereocenters. The van der Waals surface area contributed by atoms with Gasteiger partial charge in [-0.2, -0.15) is 12.6 Å². The standard InChI is InChI=1S/C8H9NO.C3H8O2S/c1-7(10)9-8-5-3-2-4-6-8;4-1-3(5)2-6/h2-6H,1H3,(H,9,10);3-6H,1-2H2. The maximum atomic E-state index is 10.5. The summed E-state index contributed by atoms with van der Waals surface area (Å²) in [5, 5.41) is 19.0. The van der Waals surface area contributed by atoms with E-state index in [1.165, 1.54) is 6.92 Å². The fourth-order valence-corrected chi connectivity index (χ4v) is 0.898. The third-order valence-electron chi connectivity index (χ3n) is 1.52. The predicted molar refractivity (Wildman–Crippen MR) is 67.7 cm³/mol. The lowest BCUT2D eigenvalue weighted by Crippen LogP contribution is -2.12. The highest BCUT2D eigenvalue weighted by Gasteiger charge is 1.93. The Hall–Kier alpha value is -1.04. The van der Waals surface area contributed by atoms with Crippen molar-refractivity contribution in [2.24, 2.45) is 0 Å². The van der Waals surface area contributed by atoms with Gasteiger partial charge in [0.2, 0.25) is 5.91 Å². The van der Waals surface area contributed by atoms with Crippen LogP contribution in [-0.2, 0) is 4.79 Å². The first-order valence-electron chi connectivity index (χ1n) is 4.82. The van der Waals surface area contributed by atoms with Crippen LogP contribution in [0.4, 0.5) is 5.69 Å². The first kappa shape index (κ1) is 15.0. The smallest absolute Gasteiger partial charge is 0.221 e. The van der Waals surface area contributed by atoms with E-state index in [0.717, 1.165) is 5.69 Å². The lowest BCUT2D eigenvalue weighted by atomic mass is 10.3. The summed E-state index contributed by atoms with van der Waals surface area (Å²) < 4.78 is 0. The minimum Gasteiger partial charge on any atom is -0.394 e. The molecule has 5 heteroatoms. The molecule has 0 aliphatic carbocycles. The highest BCUT2D eigenvalue weighted by Crippen LogP contribution is 2.03. The average molecular weight is 243 g/mol. The Morgan fingerprint density at radius 2 is 2.00 bits per heavy atom. The van der Waals surface area contributed by atoms with Crippen LogP contribution < -0.4 is 5.32 Å². The Labute approximate surface area is 101 Å². The number of benzene rings is 1. The van der Waals surface area contributed by atoms with E-state index in [9.17, 15) is 4.79 Å². The van der Waals surface area contributed by atoms with Gasteiger partial charge in [0, 0.05) is 18.4 Å². The zero-order valence-electron chi connectivity index (χ0n) is 9.13. The molecular formula is C11H17NO3S. The van der Waals surface area contributed by atoms with Gasteiger partial charge in [-0.3, -0.25) is 4.79 Å². The second-order valence-corrected chi connectivity index (χ2v) is 3.43. The minimum absolute atomic E-state index is 0.0359. The van der Waals surface area contributed by atoms with E-state index in [0.29, 0.717) is 5.75 Å². The van der Waals surface area contributed by atoms with Gasteiger partial charge in [-0.15, -0.1) is 0 Å². The highest BCUT2D eigenvalue weighted by atomic mass is 32.1. The quantitative estimate of drug-likeness (QED) is 0.597. The van der Waals surface area contributed by atoms with Crippen molar-refractivity contribution in [1.82, 2.24) is 0 Å². The largest absolute Gasteiger partial charge is 0.394 e. The van der Waals surface area contributed by atoms with Crippen molar-refractivity contribution in [2.45, 2.75) is 13.0 Å². The number of para-hydroxylation sites is 1. The number of rotatable bonds is 3. The van der Waals surface area contributed by atoms with E-state index in [4.69, 9.17) is 10.2 Å². The van der Waals surface area contributed by atoms with Crippen LogP contribution in [0.1, 0.15) is 6.92 Å². The van der Waals surface area contributed by atoms with Crippen LogP contribution >= 0.6 is 12.6 Å². The number of carbonyl (C=O) groups is 1. The minimum atomic E-state index is -0.645. The maximum Gasteiger partial charge on any atom is 0.221 e. The SMILES string of the molecule is CC(=O)Nc1ccccc1.OCC(O)CS. The van der Waals surface area contributed by atoms with Crippen LogP contribution in [0.2, 0.25) is 0 Å². The molecule has 0 spiro atoms. The lowest BCUT2D eigenvalue weighted by Gasteiger charge is -1.98. The average Bonchev–Trinajstić information content (AvgIpc) is 2.29. The van der Waals surface area contributed by atoms with Crippen molar-refractivity contribution in [3.63, 3.8) is 0 Å². The molecule has 0 saturated heterocycles. The molecule has 0 radical (unpaired) electrons. The van der Waals surface area contributed by atoms with Crippen LogP contribution in [-0.4, -0.2) is 34.6 Å². The number of hydrogen-bond donors (Lipinski definition) is 4. The summed E-state index contributed by atoms with van der Waals surface area (Å²) >= 11 is 3.69. The monoisotopic (exact) mass is 243 g/mol. The highest BCUT2D eigenvalue weighted by molar-refractivity contribution is 7.80. The molecule has 3 N–H and O–H groups in total. The molecule has 1 amide bonds. The van der Waals surface area contributed by atoms with Crippen molar-refractivity contribution in [3.8, 4) is 0 Å². The molecule has 0 heterocycles. The Morgan fingerprint density at radius 1 is 1.44 bits per heavy atom. The second-order valence-electron chi connectivity index (χ2n) is 3.07. The van der Waals surface area contributed by atoms with Gasteiger partial charge in [0.1, 0.15) is 0 Å². The maximum absolute atomic E-state index is 10.5. The molecule has 0 aliphatic heterocycles. The summed E-state index contributed by atoms with van der Waals surface area (Å²) in [5.41, 5.74) is 0.843. The van der Waals surface area contributed by atoms with Gasteiger partial charge in [-0.05, 0) is 12.1 Å². The first-order valence-corrected chi connectivity index (χ1v) is 5.45. The number of nitrogens with one attached hydrogen (secondary N) is 1. The molecule has 1 rings (SSSR count). The summed E-state index contributed by atoms with van der Waals surface area (Å²) in [6.45, 7) is 1.30. The van der Waals surface area contributed by atoms with Crippen molar-refractivity contribution in [2.75, 3.05) is 17.7 Å². The molecule has 0 saturated carbocycles. The number of thiol groups is 1. The van der Waals surface area contributed by atoms with E-state index >= 15 is 0 Å². The third-order valence-corrected chi connectivity index (χ3v) is 1.94. The molecule has 0 bridgehead atoms. The normalized spacial score (nSPS) is 11.0. The summed E-state index contributed by atoms with van der Waals surface area (Å²) in [6.07, 6.45) is -0.645. The van der Waals surface area contributed by atoms with Gasteiger partial charge in [0.15, 0.2) is 0 Å². The molecule has 1 atom stereocenters. The molecule has 16 heavy (non-hydrogen) atoms. The lowest BCUT2D eigenvalue weighted by molar-refractivity contribution is -0.114. The van der Waals surface area contributed by atoms with E-state index in [-0.39, 0.29) is 12.5 Å². The molecule has 1 aromatic carbocycles. The Balaban J connectivity index is 0.000000325. The number of hydrogen-bond acceptors (Lipinski definition) is 4. The van der Waals surface area contributed by atoms with Crippen LogP contribution in [0.25, 0.3) is 0 Å². The van der Waals surface area contributed by atoms with Gasteiger partial charge in [-0.1, -0.05) is 18.2 Å². The Morgan fingerprint density at radius 3 is 2.31 bits per heavy atom. The van der Waals surface area contributed by atoms with Gasteiger partial charge >= 0.3 is 0 Å². The zero-order valence-corrected chi connectivity index (χ0v) is 10.0. The van der Waals surface area contributed by atoms with Crippen LogP contribution in [0.15, 0.2) is 30.3 Å². The van der Waals surface area contributed by atoms with E-state index in [2.05, 4.69) is 17.9 Å². The van der Waals surface area contributed by atoms with Gasteiger partial charge < -0.3 is 15.5 Å². The number of amides is 1. The molecule has 4 nitrogen and oxygen atoms in total. The topological polar surface area (TPSA) is 69.6 Å². The van der Waals surface area contributed by atoms with Gasteiger partial charge in [0.05, 0.1) is 12.7 Å². The first-order chi connectivity index (χ1) is 7.60. The summed E-state index contributed by atoms with van der Waals surface area (Å²) in [4.78, 5) is 10.5. The number of carbonyl (C=O) groups excluding carboxylic acids is 1. The van der Waals surface area contributed by atoms with Crippen molar-refractivity contribution in [1.29, 1.82) is 0 Å². The van der Waals surface area contributed by atoms with Crippen molar-refractivity contribution < 1.29 is 15.0 Å². The summed E-state index contributed by atoms with van der Waals surface area (Å²) in [5.74, 6) is 0.294. The van der Waals surface area contributed by atoms with Crippen LogP contribution in [0.3, 0.4) is 0 Å². The number of anilines is 1. The second kappa shape index (κ2) is 9.21. The van der Waals surface area contributed by atoms with Gasteiger partial charge in [-0.25, -0.2) is 0 Å². The molecule has 0 aromatic heterocycles. The molecule has 90 valence electrons. The zero-order chi connectivity index (χ0) is 12.4. The van der Waals surface area contributed by atoms with Crippen LogP contribution in [0.5, 0.6) is 0 Å². The van der Waals surface area contributed by atoms with E-state index in [1.807, 2.05) is 30.3 Å². The summed E-state index contributed by atoms with van der Waals surface area (Å²) in [6, 6.07) is 9.37. The van der Waals surface area contributed by atoms with Crippen molar-refractivity contribution in [3.05, 3.63) is 30.3 Å². The molecule has 1 aromatic rings. The Kier molecular flexibility index (Phi) is 8.61. The number of aliphatic hydroxyl groups is 2. The Bertz CT molecular complexity index is 289. The van der Waals surface area contributed by atoms with E-state index < -0.39 is 6.10 Å².